The second kappa shape index (κ2) is 6.06. The number of nitrogens with one attached hydrogen (secondary N) is 1. The highest BCUT2D eigenvalue weighted by Gasteiger charge is 2.21. The van der Waals surface area contributed by atoms with E-state index in [1.807, 2.05) is 13.8 Å². The van der Waals surface area contributed by atoms with Crippen molar-refractivity contribution in [3.05, 3.63) is 35.4 Å². The van der Waals surface area contributed by atoms with E-state index in [4.69, 9.17) is 11.6 Å². The van der Waals surface area contributed by atoms with Crippen molar-refractivity contribution in [3.63, 3.8) is 0 Å². The minimum absolute atomic E-state index is 0.00263. The van der Waals surface area contributed by atoms with Gasteiger partial charge in [0.15, 0.2) is 0 Å². The molecule has 0 fully saturated rings. The summed E-state index contributed by atoms with van der Waals surface area (Å²) in [5, 5.41) is 2.90. The molecule has 1 amide bonds. The van der Waals surface area contributed by atoms with E-state index >= 15 is 0 Å². The average Bonchev–Trinajstić information content (AvgIpc) is 2.29. The molecule has 0 aromatic heterocycles. The topological polar surface area (TPSA) is 29.1 Å². The summed E-state index contributed by atoms with van der Waals surface area (Å²) in [6.45, 7) is 6.12. The predicted molar refractivity (Wildman–Crippen MR) is 72.3 cm³/mol. The fraction of sp³-hybridized carbons (Fsp3) is 0.500. The Balaban J connectivity index is 2.80. The van der Waals surface area contributed by atoms with E-state index in [0.29, 0.717) is 0 Å². The van der Waals surface area contributed by atoms with Crippen LogP contribution in [0.2, 0.25) is 0 Å². The van der Waals surface area contributed by atoms with Gasteiger partial charge < -0.3 is 5.32 Å². The van der Waals surface area contributed by atoms with Crippen LogP contribution in [0, 0.1) is 0 Å². The van der Waals surface area contributed by atoms with Gasteiger partial charge in [-0.25, -0.2) is 0 Å². The number of halogens is 1. The van der Waals surface area contributed by atoms with Gasteiger partial charge in [0.1, 0.15) is 5.88 Å². The molecule has 17 heavy (non-hydrogen) atoms. The van der Waals surface area contributed by atoms with Gasteiger partial charge >= 0.3 is 0 Å². The van der Waals surface area contributed by atoms with Crippen LogP contribution in [-0.4, -0.2) is 11.8 Å². The molecule has 0 radical (unpaired) electrons. The SMILES string of the molecule is CCCc1ccc(C(C)(C)NC(=O)CCl)cc1. The fourth-order valence-corrected chi connectivity index (χ4v) is 1.90. The third-order valence-electron chi connectivity index (χ3n) is 2.79. The highest BCUT2D eigenvalue weighted by molar-refractivity contribution is 6.27. The molecule has 0 saturated heterocycles. The summed E-state index contributed by atoms with van der Waals surface area (Å²) in [6.07, 6.45) is 2.24. The second-order valence-corrected chi connectivity index (χ2v) is 5.02. The van der Waals surface area contributed by atoms with Crippen LogP contribution in [0.4, 0.5) is 0 Å². The van der Waals surface area contributed by atoms with E-state index in [0.717, 1.165) is 18.4 Å². The number of benzene rings is 1. The number of carbonyl (C=O) groups is 1. The monoisotopic (exact) mass is 253 g/mol. The normalized spacial score (nSPS) is 11.3. The van der Waals surface area contributed by atoms with E-state index in [1.165, 1.54) is 5.56 Å². The molecular formula is C14H20ClNO. The first-order valence-electron chi connectivity index (χ1n) is 5.96. The fourth-order valence-electron chi connectivity index (χ4n) is 1.83. The Kier molecular flexibility index (Phi) is 5.01. The molecule has 0 aliphatic rings. The summed E-state index contributed by atoms with van der Waals surface area (Å²) >= 11 is 5.50. The van der Waals surface area contributed by atoms with E-state index in [-0.39, 0.29) is 17.3 Å². The molecule has 0 heterocycles. The summed E-state index contributed by atoms with van der Waals surface area (Å²) in [7, 11) is 0. The molecule has 0 aliphatic heterocycles. The highest BCUT2D eigenvalue weighted by atomic mass is 35.5. The van der Waals surface area contributed by atoms with Crippen LogP contribution in [0.15, 0.2) is 24.3 Å². The summed E-state index contributed by atoms with van der Waals surface area (Å²) in [5.74, 6) is -0.147. The Hall–Kier alpha value is -1.02. The third kappa shape index (κ3) is 4.04. The van der Waals surface area contributed by atoms with Crippen molar-refractivity contribution in [1.29, 1.82) is 0 Å². The smallest absolute Gasteiger partial charge is 0.235 e. The van der Waals surface area contributed by atoms with Gasteiger partial charge in [0.25, 0.3) is 0 Å². The Labute approximate surface area is 108 Å². The first-order chi connectivity index (χ1) is 7.99. The first-order valence-corrected chi connectivity index (χ1v) is 6.49. The van der Waals surface area contributed by atoms with Crippen LogP contribution in [0.1, 0.15) is 38.3 Å². The van der Waals surface area contributed by atoms with Gasteiger partial charge in [0.2, 0.25) is 5.91 Å². The number of rotatable bonds is 5. The van der Waals surface area contributed by atoms with Gasteiger partial charge in [-0.05, 0) is 31.4 Å². The van der Waals surface area contributed by atoms with Gasteiger partial charge in [0, 0.05) is 0 Å². The molecule has 0 aliphatic carbocycles. The molecule has 0 atom stereocenters. The number of alkyl halides is 1. The molecule has 1 N–H and O–H groups in total. The molecule has 0 spiro atoms. The van der Waals surface area contributed by atoms with E-state index in [2.05, 4.69) is 36.5 Å². The number of aryl methyl sites for hydroxylation is 1. The highest BCUT2D eigenvalue weighted by Crippen LogP contribution is 2.20. The number of carbonyl (C=O) groups excluding carboxylic acids is 1. The average molecular weight is 254 g/mol. The summed E-state index contributed by atoms with van der Waals surface area (Å²) in [5.41, 5.74) is 2.04. The van der Waals surface area contributed by atoms with Gasteiger partial charge in [0.05, 0.1) is 5.54 Å². The largest absolute Gasteiger partial charge is 0.346 e. The van der Waals surface area contributed by atoms with E-state index in [9.17, 15) is 4.79 Å². The lowest BCUT2D eigenvalue weighted by molar-refractivity contribution is -0.120. The van der Waals surface area contributed by atoms with E-state index in [1.54, 1.807) is 0 Å². The summed E-state index contributed by atoms with van der Waals surface area (Å²) in [6, 6.07) is 8.37. The number of amides is 1. The Morgan fingerprint density at radius 1 is 1.29 bits per heavy atom. The minimum atomic E-state index is -0.378. The van der Waals surface area contributed by atoms with Crippen LogP contribution >= 0.6 is 11.6 Å². The van der Waals surface area contributed by atoms with Gasteiger partial charge in [-0.2, -0.15) is 0 Å². The lowest BCUT2D eigenvalue weighted by Crippen LogP contribution is -2.41. The standard InChI is InChI=1S/C14H20ClNO/c1-4-5-11-6-8-12(9-7-11)14(2,3)16-13(17)10-15/h6-9H,4-5,10H2,1-3H3,(H,16,17). The maximum absolute atomic E-state index is 11.3. The Morgan fingerprint density at radius 3 is 2.35 bits per heavy atom. The van der Waals surface area contributed by atoms with E-state index < -0.39 is 0 Å². The lowest BCUT2D eigenvalue weighted by atomic mass is 9.93. The molecule has 1 aromatic carbocycles. The maximum atomic E-state index is 11.3. The molecule has 0 saturated carbocycles. The van der Waals surface area contributed by atoms with Crippen molar-refractivity contribution in [2.45, 2.75) is 39.2 Å². The lowest BCUT2D eigenvalue weighted by Gasteiger charge is -2.26. The predicted octanol–water partition coefficient (Wildman–Crippen LogP) is 3.23. The quantitative estimate of drug-likeness (QED) is 0.802. The van der Waals surface area contributed by atoms with Crippen molar-refractivity contribution in [1.82, 2.24) is 5.32 Å². The Morgan fingerprint density at radius 2 is 1.88 bits per heavy atom. The molecule has 2 nitrogen and oxygen atoms in total. The van der Waals surface area contributed by atoms with Gasteiger partial charge in [-0.15, -0.1) is 11.6 Å². The molecule has 0 bridgehead atoms. The van der Waals surface area contributed by atoms with Crippen LogP contribution in [0.3, 0.4) is 0 Å². The second-order valence-electron chi connectivity index (χ2n) is 4.75. The van der Waals surface area contributed by atoms with Gasteiger partial charge in [-0.3, -0.25) is 4.79 Å². The number of hydrogen-bond acceptors (Lipinski definition) is 1. The molecule has 1 rings (SSSR count). The zero-order chi connectivity index (χ0) is 12.9. The molecule has 0 unspecified atom stereocenters. The maximum Gasteiger partial charge on any atom is 0.235 e. The minimum Gasteiger partial charge on any atom is -0.346 e. The zero-order valence-corrected chi connectivity index (χ0v) is 11.5. The third-order valence-corrected chi connectivity index (χ3v) is 3.03. The van der Waals surface area contributed by atoms with Crippen molar-refractivity contribution in [2.24, 2.45) is 0 Å². The zero-order valence-electron chi connectivity index (χ0n) is 10.7. The van der Waals surface area contributed by atoms with Crippen LogP contribution in [-0.2, 0) is 16.8 Å². The molecular weight excluding hydrogens is 234 g/mol. The van der Waals surface area contributed by atoms with Crippen molar-refractivity contribution < 1.29 is 4.79 Å². The summed E-state index contributed by atoms with van der Waals surface area (Å²) in [4.78, 5) is 11.3. The van der Waals surface area contributed by atoms with Crippen LogP contribution < -0.4 is 5.32 Å². The molecule has 94 valence electrons. The Bertz CT molecular complexity index is 370. The van der Waals surface area contributed by atoms with Crippen molar-refractivity contribution >= 4 is 17.5 Å². The van der Waals surface area contributed by atoms with Crippen LogP contribution in [0.25, 0.3) is 0 Å². The van der Waals surface area contributed by atoms with Gasteiger partial charge in [-0.1, -0.05) is 37.6 Å². The molecule has 1 aromatic rings. The van der Waals surface area contributed by atoms with Crippen LogP contribution in [0.5, 0.6) is 0 Å². The first kappa shape index (κ1) is 14.0. The molecule has 3 heteroatoms. The van der Waals surface area contributed by atoms with Crippen molar-refractivity contribution in [2.75, 3.05) is 5.88 Å². The number of hydrogen-bond donors (Lipinski definition) is 1. The van der Waals surface area contributed by atoms with Crippen molar-refractivity contribution in [3.8, 4) is 0 Å². The summed E-state index contributed by atoms with van der Waals surface area (Å²) < 4.78 is 0.